The molecule has 0 radical (unpaired) electrons. The van der Waals surface area contributed by atoms with Gasteiger partial charge in [-0.1, -0.05) is 6.92 Å². The number of aromatic nitrogens is 2. The zero-order valence-electron chi connectivity index (χ0n) is 11.9. The molecule has 0 fully saturated rings. The highest BCUT2D eigenvalue weighted by atomic mass is 16.2. The van der Waals surface area contributed by atoms with Gasteiger partial charge in [0.1, 0.15) is 6.04 Å². The van der Waals surface area contributed by atoms with Crippen LogP contribution in [-0.4, -0.2) is 27.3 Å². The third kappa shape index (κ3) is 4.77. The van der Waals surface area contributed by atoms with Gasteiger partial charge in [-0.3, -0.25) is 9.48 Å². The first-order chi connectivity index (χ1) is 8.31. The van der Waals surface area contributed by atoms with Gasteiger partial charge >= 0.3 is 0 Å². The molecule has 5 heteroatoms. The summed E-state index contributed by atoms with van der Waals surface area (Å²) < 4.78 is 1.87. The summed E-state index contributed by atoms with van der Waals surface area (Å²) in [5.74, 6) is -0.00857. The Morgan fingerprint density at radius 1 is 1.50 bits per heavy atom. The van der Waals surface area contributed by atoms with E-state index in [2.05, 4.69) is 22.7 Å². The number of carbonyl (C=O) groups excluding carboxylic acids is 1. The van der Waals surface area contributed by atoms with E-state index in [-0.39, 0.29) is 17.5 Å². The lowest BCUT2D eigenvalue weighted by Gasteiger charge is -2.23. The summed E-state index contributed by atoms with van der Waals surface area (Å²) in [4.78, 5) is 11.9. The summed E-state index contributed by atoms with van der Waals surface area (Å²) in [6, 6.07) is -0.275. The summed E-state index contributed by atoms with van der Waals surface area (Å²) in [6.45, 7) is 10.8. The Morgan fingerprint density at radius 3 is 2.72 bits per heavy atom. The van der Waals surface area contributed by atoms with Gasteiger partial charge in [-0.2, -0.15) is 5.10 Å². The molecule has 1 amide bonds. The summed E-state index contributed by atoms with van der Waals surface area (Å²) >= 11 is 0. The second-order valence-electron chi connectivity index (χ2n) is 5.60. The van der Waals surface area contributed by atoms with Crippen LogP contribution in [-0.2, 0) is 11.3 Å². The van der Waals surface area contributed by atoms with Gasteiger partial charge < -0.3 is 10.6 Å². The molecule has 1 heterocycles. The van der Waals surface area contributed by atoms with Gasteiger partial charge in [0.25, 0.3) is 0 Å². The molecule has 1 aromatic rings. The first-order valence-electron chi connectivity index (χ1n) is 6.43. The van der Waals surface area contributed by atoms with Crippen molar-refractivity contribution in [3.63, 3.8) is 0 Å². The molecule has 18 heavy (non-hydrogen) atoms. The minimum Gasteiger partial charge on any atom is -0.371 e. The predicted molar refractivity (Wildman–Crippen MR) is 73.5 cm³/mol. The van der Waals surface area contributed by atoms with Crippen LogP contribution in [0.4, 0.5) is 5.69 Å². The highest BCUT2D eigenvalue weighted by molar-refractivity contribution is 5.84. The van der Waals surface area contributed by atoms with Crippen molar-refractivity contribution in [1.82, 2.24) is 15.1 Å². The van der Waals surface area contributed by atoms with Crippen LogP contribution in [0.1, 0.15) is 41.0 Å². The molecule has 1 atom stereocenters. The Bertz CT molecular complexity index is 392. The maximum Gasteiger partial charge on any atom is 0.242 e. The molecule has 5 nitrogen and oxygen atoms in total. The molecule has 0 saturated heterocycles. The van der Waals surface area contributed by atoms with Crippen molar-refractivity contribution in [2.45, 2.75) is 59.2 Å². The van der Waals surface area contributed by atoms with E-state index in [1.54, 1.807) is 6.20 Å². The second kappa shape index (κ2) is 5.89. The minimum atomic E-state index is -0.275. The standard InChI is InChI=1S/C13H24N4O/c1-6-7-17-9-11(8-14-17)15-10(2)12(18)16-13(3,4)5/h8-10,15H,6-7H2,1-5H3,(H,16,18). The molecule has 1 rings (SSSR count). The molecule has 1 unspecified atom stereocenters. The molecule has 0 bridgehead atoms. The summed E-state index contributed by atoms with van der Waals surface area (Å²) in [5, 5.41) is 10.3. The maximum absolute atomic E-state index is 11.9. The van der Waals surface area contributed by atoms with Crippen molar-refractivity contribution in [2.75, 3.05) is 5.32 Å². The van der Waals surface area contributed by atoms with Gasteiger partial charge in [0.15, 0.2) is 0 Å². The lowest BCUT2D eigenvalue weighted by atomic mass is 10.1. The Hall–Kier alpha value is -1.52. The molecule has 0 aliphatic heterocycles. The lowest BCUT2D eigenvalue weighted by Crippen LogP contribution is -2.47. The Labute approximate surface area is 109 Å². The fourth-order valence-electron chi connectivity index (χ4n) is 1.58. The number of nitrogens with one attached hydrogen (secondary N) is 2. The van der Waals surface area contributed by atoms with Gasteiger partial charge in [0, 0.05) is 18.3 Å². The normalized spacial score (nSPS) is 13.2. The quantitative estimate of drug-likeness (QED) is 0.842. The van der Waals surface area contributed by atoms with E-state index >= 15 is 0 Å². The zero-order valence-corrected chi connectivity index (χ0v) is 11.9. The van der Waals surface area contributed by atoms with Gasteiger partial charge in [-0.05, 0) is 34.1 Å². The van der Waals surface area contributed by atoms with Crippen LogP contribution >= 0.6 is 0 Å². The maximum atomic E-state index is 11.9. The smallest absolute Gasteiger partial charge is 0.242 e. The average Bonchev–Trinajstić information content (AvgIpc) is 2.63. The topological polar surface area (TPSA) is 59.0 Å². The largest absolute Gasteiger partial charge is 0.371 e. The van der Waals surface area contributed by atoms with E-state index in [0.717, 1.165) is 18.7 Å². The number of hydrogen-bond donors (Lipinski definition) is 2. The Balaban J connectivity index is 2.52. The number of hydrogen-bond acceptors (Lipinski definition) is 3. The van der Waals surface area contributed by atoms with Crippen molar-refractivity contribution in [1.29, 1.82) is 0 Å². The van der Waals surface area contributed by atoms with Crippen LogP contribution < -0.4 is 10.6 Å². The van der Waals surface area contributed by atoms with E-state index in [0.29, 0.717) is 0 Å². The van der Waals surface area contributed by atoms with E-state index in [9.17, 15) is 4.79 Å². The van der Waals surface area contributed by atoms with Gasteiger partial charge in [-0.15, -0.1) is 0 Å². The van der Waals surface area contributed by atoms with Crippen LogP contribution in [0.25, 0.3) is 0 Å². The fourth-order valence-corrected chi connectivity index (χ4v) is 1.58. The number of rotatable bonds is 5. The molecule has 102 valence electrons. The lowest BCUT2D eigenvalue weighted by molar-refractivity contribution is -0.122. The molecular weight excluding hydrogens is 228 g/mol. The molecule has 0 spiro atoms. The van der Waals surface area contributed by atoms with Crippen molar-refractivity contribution >= 4 is 11.6 Å². The first kappa shape index (κ1) is 14.5. The van der Waals surface area contributed by atoms with Crippen LogP contribution in [0.15, 0.2) is 12.4 Å². The average molecular weight is 252 g/mol. The predicted octanol–water partition coefficient (Wildman–Crippen LogP) is 2.01. The molecule has 0 aliphatic rings. The van der Waals surface area contributed by atoms with E-state index in [4.69, 9.17) is 0 Å². The first-order valence-corrected chi connectivity index (χ1v) is 6.43. The van der Waals surface area contributed by atoms with Gasteiger partial charge in [-0.25, -0.2) is 0 Å². The van der Waals surface area contributed by atoms with Gasteiger partial charge in [0.05, 0.1) is 11.9 Å². The van der Waals surface area contributed by atoms with E-state index < -0.39 is 0 Å². The number of anilines is 1. The van der Waals surface area contributed by atoms with E-state index in [1.807, 2.05) is 38.6 Å². The third-order valence-corrected chi connectivity index (χ3v) is 2.36. The number of aryl methyl sites for hydroxylation is 1. The van der Waals surface area contributed by atoms with Crippen molar-refractivity contribution in [2.24, 2.45) is 0 Å². The van der Waals surface area contributed by atoms with E-state index in [1.165, 1.54) is 0 Å². The molecule has 0 aromatic carbocycles. The highest BCUT2D eigenvalue weighted by Gasteiger charge is 2.19. The van der Waals surface area contributed by atoms with Crippen molar-refractivity contribution < 1.29 is 4.79 Å². The van der Waals surface area contributed by atoms with Crippen LogP contribution in [0, 0.1) is 0 Å². The monoisotopic (exact) mass is 252 g/mol. The molecule has 2 N–H and O–H groups in total. The van der Waals surface area contributed by atoms with Crippen LogP contribution in [0.5, 0.6) is 0 Å². The number of nitrogens with zero attached hydrogens (tertiary/aromatic N) is 2. The Morgan fingerprint density at radius 2 is 2.17 bits per heavy atom. The Kier molecular flexibility index (Phi) is 4.76. The highest BCUT2D eigenvalue weighted by Crippen LogP contribution is 2.08. The number of carbonyl (C=O) groups is 1. The summed E-state index contributed by atoms with van der Waals surface area (Å²) in [7, 11) is 0. The molecule has 0 saturated carbocycles. The van der Waals surface area contributed by atoms with Crippen LogP contribution in [0.3, 0.4) is 0 Å². The number of amides is 1. The molecule has 0 aliphatic carbocycles. The summed E-state index contributed by atoms with van der Waals surface area (Å²) in [5.41, 5.74) is 0.666. The molecule has 1 aromatic heterocycles. The fraction of sp³-hybridized carbons (Fsp3) is 0.692. The second-order valence-corrected chi connectivity index (χ2v) is 5.60. The van der Waals surface area contributed by atoms with Crippen molar-refractivity contribution in [3.8, 4) is 0 Å². The minimum absolute atomic E-state index is 0.00857. The van der Waals surface area contributed by atoms with Crippen LogP contribution in [0.2, 0.25) is 0 Å². The van der Waals surface area contributed by atoms with Crippen molar-refractivity contribution in [3.05, 3.63) is 12.4 Å². The summed E-state index contributed by atoms with van der Waals surface area (Å²) in [6.07, 6.45) is 4.71. The zero-order chi connectivity index (χ0) is 13.8. The SMILES string of the molecule is CCCn1cc(NC(C)C(=O)NC(C)(C)C)cn1. The van der Waals surface area contributed by atoms with Gasteiger partial charge in [0.2, 0.25) is 5.91 Å². The third-order valence-electron chi connectivity index (χ3n) is 2.36. The molecular formula is C13H24N4O.